The Hall–Kier alpha value is -5.30. The number of carbonyl (C=O) groups excluding carboxylic acids is 2. The Labute approximate surface area is 331 Å². The van der Waals surface area contributed by atoms with E-state index in [2.05, 4.69) is 4.57 Å². The van der Waals surface area contributed by atoms with Gasteiger partial charge in [0.2, 0.25) is 0 Å². The van der Waals surface area contributed by atoms with Crippen molar-refractivity contribution in [3.63, 3.8) is 0 Å². The minimum absolute atomic E-state index is 0.140. The van der Waals surface area contributed by atoms with E-state index in [1.807, 2.05) is 63.2 Å². The summed E-state index contributed by atoms with van der Waals surface area (Å²) >= 11 is 13.4. The molecule has 0 N–H and O–H groups in total. The van der Waals surface area contributed by atoms with E-state index in [-0.39, 0.29) is 24.3 Å². The van der Waals surface area contributed by atoms with Crippen molar-refractivity contribution in [1.29, 1.82) is 0 Å². The number of thiazole rings is 1. The standard InChI is InChI=1S/C41H39Cl2N3O8S/c1-7-51-34-19-27(10-16-33(34)54-22-36(47)50-6)38-37(40(49)52-8-2)24(4)44-41-46(38)39(48)35(55-41)20-28-17-23(3)45(25(28)5)29-11-13-30(14-12-29)53-21-26-9-15-31(42)32(43)18-26/h9-20,38H,7-8,21-22H2,1-6H3/b35-20+/t38-/m0/s1. The predicted octanol–water partition coefficient (Wildman–Crippen LogP) is 7.04. The van der Waals surface area contributed by atoms with Gasteiger partial charge >= 0.3 is 11.9 Å². The number of nitrogens with zero attached hydrogens (tertiary/aromatic N) is 3. The third kappa shape index (κ3) is 8.36. The first-order chi connectivity index (χ1) is 26.4. The second kappa shape index (κ2) is 17.0. The van der Waals surface area contributed by atoms with Crippen molar-refractivity contribution in [2.24, 2.45) is 4.99 Å². The molecule has 0 aliphatic carbocycles. The SMILES string of the molecule is CCOC(=O)C1=C(C)N=c2s/c(=C/c3cc(C)n(-c4ccc(OCc5ccc(Cl)c(Cl)c5)cc4)c3C)c(=O)n2[C@H]1c1ccc(OCC(=O)OC)c(OCC)c1. The lowest BCUT2D eigenvalue weighted by molar-refractivity contribution is -0.143. The number of carbonyl (C=O) groups is 2. The lowest BCUT2D eigenvalue weighted by atomic mass is 9.95. The molecule has 0 amide bonds. The molecule has 0 bridgehead atoms. The summed E-state index contributed by atoms with van der Waals surface area (Å²) in [5, 5.41) is 0.967. The van der Waals surface area contributed by atoms with Gasteiger partial charge in [0.1, 0.15) is 12.4 Å². The Bertz CT molecular complexity index is 2480. The number of ether oxygens (including phenoxy) is 5. The summed E-state index contributed by atoms with van der Waals surface area (Å²) in [5.74, 6) is 0.205. The zero-order valence-electron chi connectivity index (χ0n) is 31.1. The van der Waals surface area contributed by atoms with E-state index in [0.29, 0.717) is 61.1 Å². The molecule has 1 aliphatic rings. The molecule has 6 rings (SSSR count). The van der Waals surface area contributed by atoms with Crippen molar-refractivity contribution in [2.45, 2.75) is 47.3 Å². The molecule has 14 heteroatoms. The maximum atomic E-state index is 14.4. The number of aryl methyl sites for hydroxylation is 1. The molecular formula is C41H39Cl2N3O8S. The van der Waals surface area contributed by atoms with Crippen molar-refractivity contribution in [2.75, 3.05) is 26.9 Å². The minimum atomic E-state index is -0.879. The van der Waals surface area contributed by atoms with E-state index in [1.165, 1.54) is 23.0 Å². The number of halogens is 2. The summed E-state index contributed by atoms with van der Waals surface area (Å²) in [7, 11) is 1.27. The predicted molar refractivity (Wildman–Crippen MR) is 212 cm³/mol. The van der Waals surface area contributed by atoms with Crippen molar-refractivity contribution in [3.8, 4) is 22.9 Å². The van der Waals surface area contributed by atoms with E-state index < -0.39 is 18.0 Å². The van der Waals surface area contributed by atoms with Crippen LogP contribution in [0, 0.1) is 13.8 Å². The molecule has 0 fully saturated rings. The summed E-state index contributed by atoms with van der Waals surface area (Å²) in [5.41, 5.74) is 5.50. The average molecular weight is 805 g/mol. The highest BCUT2D eigenvalue weighted by Gasteiger charge is 2.34. The van der Waals surface area contributed by atoms with Gasteiger partial charge in [0, 0.05) is 17.1 Å². The number of fused-ring (bicyclic) bond motifs is 1. The Morgan fingerprint density at radius 1 is 0.891 bits per heavy atom. The average Bonchev–Trinajstić information content (AvgIpc) is 3.63. The van der Waals surface area contributed by atoms with Crippen LogP contribution in [-0.2, 0) is 25.7 Å². The summed E-state index contributed by atoms with van der Waals surface area (Å²) < 4.78 is 31.8. The van der Waals surface area contributed by atoms with Crippen LogP contribution in [0.15, 0.2) is 87.8 Å². The lowest BCUT2D eigenvalue weighted by Crippen LogP contribution is -2.40. The fourth-order valence-electron chi connectivity index (χ4n) is 6.34. The van der Waals surface area contributed by atoms with Gasteiger partial charge in [-0.05, 0) is 112 Å². The largest absolute Gasteiger partial charge is 0.490 e. The van der Waals surface area contributed by atoms with Gasteiger partial charge in [-0.15, -0.1) is 0 Å². The molecule has 3 heterocycles. The summed E-state index contributed by atoms with van der Waals surface area (Å²) in [6.45, 7) is 9.72. The Kier molecular flexibility index (Phi) is 12.2. The highest BCUT2D eigenvalue weighted by atomic mass is 35.5. The van der Waals surface area contributed by atoms with Gasteiger partial charge in [-0.1, -0.05) is 46.7 Å². The number of benzene rings is 3. The van der Waals surface area contributed by atoms with Crippen molar-refractivity contribution < 1.29 is 33.3 Å². The molecule has 55 heavy (non-hydrogen) atoms. The number of allylic oxidation sites excluding steroid dienone is 1. The first-order valence-corrected chi connectivity index (χ1v) is 19.0. The molecule has 0 saturated heterocycles. The molecule has 5 aromatic rings. The van der Waals surface area contributed by atoms with Crippen LogP contribution in [0.25, 0.3) is 11.8 Å². The molecule has 0 radical (unpaired) electrons. The van der Waals surface area contributed by atoms with E-state index in [0.717, 1.165) is 28.2 Å². The van der Waals surface area contributed by atoms with Crippen LogP contribution in [0.2, 0.25) is 10.0 Å². The van der Waals surface area contributed by atoms with E-state index >= 15 is 0 Å². The minimum Gasteiger partial charge on any atom is -0.490 e. The maximum Gasteiger partial charge on any atom is 0.343 e. The maximum absolute atomic E-state index is 14.4. The molecule has 0 spiro atoms. The third-order valence-electron chi connectivity index (χ3n) is 8.91. The highest BCUT2D eigenvalue weighted by Crippen LogP contribution is 2.36. The summed E-state index contributed by atoms with van der Waals surface area (Å²) in [6, 6.07) is 19.4. The van der Waals surface area contributed by atoms with Crippen LogP contribution < -0.4 is 29.1 Å². The fourth-order valence-corrected chi connectivity index (χ4v) is 7.70. The second-order valence-corrected chi connectivity index (χ2v) is 14.3. The molecule has 2 aromatic heterocycles. The Morgan fingerprint density at radius 3 is 2.35 bits per heavy atom. The second-order valence-electron chi connectivity index (χ2n) is 12.5. The number of hydrogen-bond acceptors (Lipinski definition) is 10. The van der Waals surface area contributed by atoms with E-state index in [1.54, 1.807) is 44.2 Å². The number of aromatic nitrogens is 2. The highest BCUT2D eigenvalue weighted by molar-refractivity contribution is 7.07. The van der Waals surface area contributed by atoms with Gasteiger partial charge < -0.3 is 28.3 Å². The van der Waals surface area contributed by atoms with Gasteiger partial charge in [-0.2, -0.15) is 0 Å². The van der Waals surface area contributed by atoms with Gasteiger partial charge in [0.15, 0.2) is 22.9 Å². The number of hydrogen-bond donors (Lipinski definition) is 0. The van der Waals surface area contributed by atoms with Crippen LogP contribution >= 0.6 is 34.5 Å². The zero-order chi connectivity index (χ0) is 39.4. The number of rotatable bonds is 13. The lowest BCUT2D eigenvalue weighted by Gasteiger charge is -2.25. The molecule has 286 valence electrons. The Morgan fingerprint density at radius 2 is 1.65 bits per heavy atom. The number of methoxy groups -OCH3 is 1. The molecule has 0 saturated carbocycles. The van der Waals surface area contributed by atoms with Crippen molar-refractivity contribution >= 4 is 52.6 Å². The van der Waals surface area contributed by atoms with Gasteiger partial charge in [0.25, 0.3) is 5.56 Å². The first-order valence-electron chi connectivity index (χ1n) is 17.5. The number of esters is 2. The van der Waals surface area contributed by atoms with E-state index in [4.69, 9.17) is 51.9 Å². The normalized spacial score (nSPS) is 14.0. The fraction of sp³-hybridized carbons (Fsp3) is 0.268. The molecular weight excluding hydrogens is 765 g/mol. The van der Waals surface area contributed by atoms with Crippen LogP contribution in [0.5, 0.6) is 17.2 Å². The monoisotopic (exact) mass is 803 g/mol. The van der Waals surface area contributed by atoms with Crippen LogP contribution in [-0.4, -0.2) is 48.0 Å². The van der Waals surface area contributed by atoms with Crippen LogP contribution in [0.4, 0.5) is 0 Å². The molecule has 3 aromatic carbocycles. The smallest absolute Gasteiger partial charge is 0.343 e. The van der Waals surface area contributed by atoms with Gasteiger partial charge in [-0.3, -0.25) is 9.36 Å². The van der Waals surface area contributed by atoms with Crippen LogP contribution in [0.3, 0.4) is 0 Å². The molecule has 11 nitrogen and oxygen atoms in total. The third-order valence-corrected chi connectivity index (χ3v) is 10.6. The van der Waals surface area contributed by atoms with Gasteiger partial charge in [0.05, 0.1) is 52.2 Å². The van der Waals surface area contributed by atoms with Gasteiger partial charge in [-0.25, -0.2) is 14.6 Å². The molecule has 1 atom stereocenters. The molecule has 1 aliphatic heterocycles. The van der Waals surface area contributed by atoms with Crippen molar-refractivity contribution in [3.05, 3.63) is 136 Å². The summed E-state index contributed by atoms with van der Waals surface area (Å²) in [6.07, 6.45) is 1.85. The molecule has 0 unspecified atom stereocenters. The van der Waals surface area contributed by atoms with E-state index in [9.17, 15) is 14.4 Å². The summed E-state index contributed by atoms with van der Waals surface area (Å²) in [4.78, 5) is 44.8. The topological polar surface area (TPSA) is 120 Å². The van der Waals surface area contributed by atoms with Crippen molar-refractivity contribution in [1.82, 2.24) is 9.13 Å². The quantitative estimate of drug-likeness (QED) is 0.116. The van der Waals surface area contributed by atoms with Crippen LogP contribution in [0.1, 0.15) is 54.9 Å². The first kappa shape index (κ1) is 39.4. The zero-order valence-corrected chi connectivity index (χ0v) is 33.4. The Balaban J connectivity index is 1.36.